The second kappa shape index (κ2) is 14.6. The molecule has 0 amide bonds. The number of rotatable bonds is 16. The van der Waals surface area contributed by atoms with Crippen molar-refractivity contribution in [2.45, 2.75) is 94.5 Å². The summed E-state index contributed by atoms with van der Waals surface area (Å²) in [5, 5.41) is -3.40. The van der Waals surface area contributed by atoms with Crippen LogP contribution in [-0.2, 0) is 45.4 Å². The Kier molecular flexibility index (Phi) is 13.2. The lowest BCUT2D eigenvalue weighted by Crippen LogP contribution is -2.41. The highest BCUT2D eigenvalue weighted by Crippen LogP contribution is 2.22. The van der Waals surface area contributed by atoms with Gasteiger partial charge in [-0.25, -0.2) is 30.0 Å². The van der Waals surface area contributed by atoms with E-state index in [1.165, 1.54) is 0 Å². The Hall–Kier alpha value is -1.66. The third-order valence-electron chi connectivity index (χ3n) is 6.15. The van der Waals surface area contributed by atoms with Crippen LogP contribution in [0.5, 0.6) is 0 Å². The fourth-order valence-corrected chi connectivity index (χ4v) is 10.8. The zero-order chi connectivity index (χ0) is 29.2. The minimum absolute atomic E-state index is 0.161. The Morgan fingerprint density at radius 1 is 0.842 bits per heavy atom. The predicted molar refractivity (Wildman–Crippen MR) is 151 cm³/mol. The second-order valence-electron chi connectivity index (χ2n) is 10.7. The van der Waals surface area contributed by atoms with E-state index < -0.39 is 68.5 Å². The van der Waals surface area contributed by atoms with E-state index in [-0.39, 0.29) is 32.3 Å². The summed E-state index contributed by atoms with van der Waals surface area (Å²) in [4.78, 5) is 12.0. The van der Waals surface area contributed by atoms with E-state index in [0.717, 1.165) is 11.8 Å². The molecule has 9 nitrogen and oxygen atoms in total. The van der Waals surface area contributed by atoms with Crippen molar-refractivity contribution in [3.63, 3.8) is 0 Å². The van der Waals surface area contributed by atoms with Crippen molar-refractivity contribution in [3.05, 3.63) is 35.9 Å². The predicted octanol–water partition coefficient (Wildman–Crippen LogP) is 4.15. The molecular formula is C26H44O9S3. The summed E-state index contributed by atoms with van der Waals surface area (Å²) in [5.41, 5.74) is -0.00746. The first-order valence-corrected chi connectivity index (χ1v) is 18.3. The molecule has 0 saturated heterocycles. The topological polar surface area (TPSA) is 138 Å². The Labute approximate surface area is 229 Å². The highest BCUT2D eigenvalue weighted by Gasteiger charge is 2.38. The second-order valence-corrected chi connectivity index (χ2v) is 17.7. The van der Waals surface area contributed by atoms with Gasteiger partial charge in [0.2, 0.25) is 0 Å². The van der Waals surface area contributed by atoms with Gasteiger partial charge in [0.25, 0.3) is 0 Å². The van der Waals surface area contributed by atoms with E-state index >= 15 is 0 Å². The quantitative estimate of drug-likeness (QED) is 0.258. The summed E-state index contributed by atoms with van der Waals surface area (Å²) >= 11 is 0. The molecule has 0 aliphatic carbocycles. The minimum Gasteiger partial charge on any atom is -0.434 e. The van der Waals surface area contributed by atoms with Gasteiger partial charge in [0.1, 0.15) is 5.60 Å². The summed E-state index contributed by atoms with van der Waals surface area (Å²) in [6.45, 7) is 8.15. The maximum absolute atomic E-state index is 13.5. The van der Waals surface area contributed by atoms with Gasteiger partial charge in [-0.05, 0) is 52.0 Å². The number of sulfone groups is 3. The summed E-state index contributed by atoms with van der Waals surface area (Å²) in [6.07, 6.45) is 1.57. The summed E-state index contributed by atoms with van der Waals surface area (Å²) < 4.78 is 88.7. The van der Waals surface area contributed by atoms with E-state index in [1.807, 2.05) is 25.1 Å². The molecular weight excluding hydrogens is 552 g/mol. The average Bonchev–Trinajstić information content (AvgIpc) is 2.78. The van der Waals surface area contributed by atoms with Gasteiger partial charge in [-0.3, -0.25) is 0 Å². The van der Waals surface area contributed by atoms with Crippen LogP contribution in [0.4, 0.5) is 4.79 Å². The van der Waals surface area contributed by atoms with Gasteiger partial charge in [-0.15, -0.1) is 0 Å². The SMILES string of the molecule is CCCCC(CS(=O)(=O)C(CCOC(=O)OC(C)(C)C)CS(=O)(=O)C(CC)Cc1ccccc1)S(C)(=O)=O. The maximum atomic E-state index is 13.5. The molecule has 1 aromatic carbocycles. The van der Waals surface area contributed by atoms with Crippen LogP contribution < -0.4 is 0 Å². The zero-order valence-corrected chi connectivity index (χ0v) is 25.8. The monoisotopic (exact) mass is 596 g/mol. The molecule has 0 fully saturated rings. The molecule has 0 spiro atoms. The molecule has 3 unspecified atom stereocenters. The molecule has 0 N–H and O–H groups in total. The van der Waals surface area contributed by atoms with Crippen LogP contribution in [0, 0.1) is 0 Å². The summed E-state index contributed by atoms with van der Waals surface area (Å²) in [7, 11) is -11.8. The number of hydrogen-bond acceptors (Lipinski definition) is 9. The van der Waals surface area contributed by atoms with Crippen molar-refractivity contribution < 1.29 is 39.5 Å². The number of ether oxygens (including phenoxy) is 2. The molecule has 0 saturated carbocycles. The Bertz CT molecular complexity index is 1180. The van der Waals surface area contributed by atoms with Crippen molar-refractivity contribution in [1.29, 1.82) is 0 Å². The average molecular weight is 597 g/mol. The molecule has 220 valence electrons. The van der Waals surface area contributed by atoms with Gasteiger partial charge in [-0.2, -0.15) is 0 Å². The van der Waals surface area contributed by atoms with Crippen LogP contribution in [0.3, 0.4) is 0 Å². The molecule has 0 aromatic heterocycles. The summed E-state index contributed by atoms with van der Waals surface area (Å²) in [6, 6.07) is 9.05. The van der Waals surface area contributed by atoms with E-state index in [1.54, 1.807) is 39.8 Å². The number of carbonyl (C=O) groups excluding carboxylic acids is 1. The molecule has 38 heavy (non-hydrogen) atoms. The van der Waals surface area contributed by atoms with E-state index in [9.17, 15) is 30.0 Å². The van der Waals surface area contributed by atoms with Crippen LogP contribution in [-0.4, -0.2) is 77.1 Å². The molecule has 0 bridgehead atoms. The molecule has 0 aliphatic heterocycles. The lowest BCUT2D eigenvalue weighted by Gasteiger charge is -2.24. The Morgan fingerprint density at radius 3 is 1.89 bits per heavy atom. The Balaban J connectivity index is 3.23. The van der Waals surface area contributed by atoms with Gasteiger partial charge in [-0.1, -0.05) is 57.0 Å². The maximum Gasteiger partial charge on any atom is 0.508 e. The van der Waals surface area contributed by atoms with Crippen molar-refractivity contribution in [3.8, 4) is 0 Å². The van der Waals surface area contributed by atoms with Gasteiger partial charge >= 0.3 is 6.16 Å². The third kappa shape index (κ3) is 12.5. The Morgan fingerprint density at radius 2 is 1.39 bits per heavy atom. The minimum atomic E-state index is -4.21. The molecule has 12 heteroatoms. The number of benzene rings is 1. The third-order valence-corrected chi connectivity index (χ3v) is 12.9. The molecule has 0 radical (unpaired) electrons. The number of carbonyl (C=O) groups is 1. The number of unbranched alkanes of at least 4 members (excludes halogenated alkanes) is 1. The lowest BCUT2D eigenvalue weighted by molar-refractivity contribution is -0.00745. The van der Waals surface area contributed by atoms with E-state index in [2.05, 4.69) is 0 Å². The van der Waals surface area contributed by atoms with Gasteiger partial charge in [0, 0.05) is 6.26 Å². The van der Waals surface area contributed by atoms with Crippen LogP contribution in [0.15, 0.2) is 30.3 Å². The molecule has 1 aromatic rings. The molecule has 0 heterocycles. The fourth-order valence-electron chi connectivity index (χ4n) is 3.97. The van der Waals surface area contributed by atoms with Crippen molar-refractivity contribution in [2.24, 2.45) is 0 Å². The summed E-state index contributed by atoms with van der Waals surface area (Å²) in [5.74, 6) is -1.38. The molecule has 0 aliphatic rings. The zero-order valence-electron chi connectivity index (χ0n) is 23.4. The first-order chi connectivity index (χ1) is 17.4. The van der Waals surface area contributed by atoms with Crippen molar-refractivity contribution >= 4 is 35.7 Å². The van der Waals surface area contributed by atoms with Crippen LogP contribution in [0.1, 0.15) is 72.3 Å². The standard InChI is InChI=1S/C26H44O9S3/c1-7-9-15-23(36(6,28)29)19-38(32,33)24(16-17-34-25(27)35-26(3,4)5)20-37(30,31)22(8-2)18-21-13-11-10-12-14-21/h10-14,22-24H,7-9,15-20H2,1-6H3. The lowest BCUT2D eigenvalue weighted by atomic mass is 10.1. The van der Waals surface area contributed by atoms with Gasteiger partial charge in [0.15, 0.2) is 29.5 Å². The largest absolute Gasteiger partial charge is 0.508 e. The van der Waals surface area contributed by atoms with Crippen LogP contribution in [0.2, 0.25) is 0 Å². The van der Waals surface area contributed by atoms with E-state index in [4.69, 9.17) is 9.47 Å². The number of hydrogen-bond donors (Lipinski definition) is 0. The van der Waals surface area contributed by atoms with E-state index in [0.29, 0.717) is 12.8 Å². The molecule has 3 atom stereocenters. The van der Waals surface area contributed by atoms with Gasteiger partial charge in [0.05, 0.1) is 33.9 Å². The first kappa shape index (κ1) is 34.4. The highest BCUT2D eigenvalue weighted by atomic mass is 32.2. The first-order valence-electron chi connectivity index (χ1n) is 12.9. The fraction of sp³-hybridized carbons (Fsp3) is 0.731. The smallest absolute Gasteiger partial charge is 0.434 e. The molecule has 1 rings (SSSR count). The van der Waals surface area contributed by atoms with Crippen LogP contribution in [0.25, 0.3) is 0 Å². The van der Waals surface area contributed by atoms with Crippen molar-refractivity contribution in [1.82, 2.24) is 0 Å². The van der Waals surface area contributed by atoms with Crippen molar-refractivity contribution in [2.75, 3.05) is 24.4 Å². The van der Waals surface area contributed by atoms with Gasteiger partial charge < -0.3 is 9.47 Å². The normalized spacial score (nSPS) is 15.4. The highest BCUT2D eigenvalue weighted by molar-refractivity contribution is 7.97. The van der Waals surface area contributed by atoms with Crippen LogP contribution >= 0.6 is 0 Å².